The summed E-state index contributed by atoms with van der Waals surface area (Å²) in [7, 11) is 0. The van der Waals surface area contributed by atoms with Gasteiger partial charge in [-0.1, -0.05) is 36.4 Å². The van der Waals surface area contributed by atoms with Gasteiger partial charge in [0, 0.05) is 44.0 Å². The molecule has 0 bridgehead atoms. The molecule has 2 atom stereocenters. The fourth-order valence-electron chi connectivity index (χ4n) is 3.95. The molecule has 26 heavy (non-hydrogen) atoms. The van der Waals surface area contributed by atoms with Gasteiger partial charge in [0.15, 0.2) is 0 Å². The van der Waals surface area contributed by atoms with Crippen molar-refractivity contribution < 1.29 is 9.59 Å². The molecule has 2 saturated heterocycles. The van der Waals surface area contributed by atoms with Gasteiger partial charge >= 0.3 is 0 Å². The highest BCUT2D eigenvalue weighted by Gasteiger charge is 2.39. The van der Waals surface area contributed by atoms with Crippen LogP contribution in [-0.4, -0.2) is 48.9 Å². The summed E-state index contributed by atoms with van der Waals surface area (Å²) in [5, 5.41) is 5.47. The van der Waals surface area contributed by atoms with Crippen molar-refractivity contribution in [2.24, 2.45) is 5.92 Å². The Labute approximate surface area is 159 Å². The van der Waals surface area contributed by atoms with Gasteiger partial charge in [0.25, 0.3) is 0 Å². The Balaban J connectivity index is 0.00000196. The maximum absolute atomic E-state index is 12.9. The zero-order valence-electron chi connectivity index (χ0n) is 14.9. The number of anilines is 1. The second-order valence-electron chi connectivity index (χ2n) is 6.99. The minimum absolute atomic E-state index is 0. The van der Waals surface area contributed by atoms with E-state index < -0.39 is 0 Å². The monoisotopic (exact) mass is 373 g/mol. The predicted molar refractivity (Wildman–Crippen MR) is 106 cm³/mol. The van der Waals surface area contributed by atoms with Crippen molar-refractivity contribution in [3.05, 3.63) is 42.5 Å². The average Bonchev–Trinajstić information content (AvgIpc) is 3.02. The van der Waals surface area contributed by atoms with E-state index in [0.29, 0.717) is 13.0 Å². The molecule has 0 saturated carbocycles. The van der Waals surface area contributed by atoms with Crippen molar-refractivity contribution >= 4 is 40.7 Å². The first-order chi connectivity index (χ1) is 12.1. The van der Waals surface area contributed by atoms with Gasteiger partial charge in [-0.25, -0.2) is 0 Å². The van der Waals surface area contributed by atoms with E-state index in [4.69, 9.17) is 0 Å². The number of piperazine rings is 1. The Hall–Kier alpha value is -2.11. The molecule has 2 aromatic carbocycles. The van der Waals surface area contributed by atoms with E-state index in [1.54, 1.807) is 4.90 Å². The number of amides is 2. The molecule has 2 aliphatic heterocycles. The zero-order valence-corrected chi connectivity index (χ0v) is 15.7. The highest BCUT2D eigenvalue weighted by Crippen LogP contribution is 2.32. The van der Waals surface area contributed by atoms with Gasteiger partial charge in [-0.15, -0.1) is 12.4 Å². The first kappa shape index (κ1) is 18.7. The van der Waals surface area contributed by atoms with E-state index in [9.17, 15) is 9.59 Å². The predicted octanol–water partition coefficient (Wildman–Crippen LogP) is 2.43. The zero-order chi connectivity index (χ0) is 17.4. The van der Waals surface area contributed by atoms with Crippen LogP contribution >= 0.6 is 12.4 Å². The summed E-state index contributed by atoms with van der Waals surface area (Å²) in [4.78, 5) is 29.3. The van der Waals surface area contributed by atoms with E-state index in [1.165, 1.54) is 0 Å². The van der Waals surface area contributed by atoms with Crippen molar-refractivity contribution in [1.29, 1.82) is 0 Å². The number of nitrogens with one attached hydrogen (secondary N) is 1. The highest BCUT2D eigenvalue weighted by atomic mass is 35.5. The number of hydrogen-bond acceptors (Lipinski definition) is 3. The van der Waals surface area contributed by atoms with Crippen molar-refractivity contribution in [2.45, 2.75) is 19.4 Å². The van der Waals surface area contributed by atoms with Crippen LogP contribution < -0.4 is 10.2 Å². The smallest absolute Gasteiger partial charge is 0.228 e. The molecule has 0 spiro atoms. The Morgan fingerprint density at radius 1 is 1.15 bits per heavy atom. The molecule has 0 radical (unpaired) electrons. The van der Waals surface area contributed by atoms with Crippen LogP contribution in [0.5, 0.6) is 0 Å². The number of nitrogens with zero attached hydrogens (tertiary/aromatic N) is 2. The molecule has 1 unspecified atom stereocenters. The van der Waals surface area contributed by atoms with Crippen LogP contribution in [-0.2, 0) is 9.59 Å². The Kier molecular flexibility index (Phi) is 5.49. The van der Waals surface area contributed by atoms with Crippen molar-refractivity contribution in [3.8, 4) is 0 Å². The molecule has 2 amide bonds. The van der Waals surface area contributed by atoms with E-state index >= 15 is 0 Å². The number of carbonyl (C=O) groups excluding carboxylic acids is 2. The van der Waals surface area contributed by atoms with Crippen molar-refractivity contribution in [3.63, 3.8) is 0 Å². The van der Waals surface area contributed by atoms with Crippen LogP contribution in [0, 0.1) is 5.92 Å². The van der Waals surface area contributed by atoms with E-state index in [0.717, 1.165) is 36.1 Å². The topological polar surface area (TPSA) is 52.7 Å². The SMILES string of the molecule is C[C@H]1CNCCN1C(=O)C1CC(=O)N(c2cccc3ccccc23)C1.Cl. The number of carbonyl (C=O) groups is 2. The third-order valence-electron chi connectivity index (χ3n) is 5.32. The summed E-state index contributed by atoms with van der Waals surface area (Å²) in [6, 6.07) is 14.2. The van der Waals surface area contributed by atoms with Crippen LogP contribution in [0.25, 0.3) is 10.8 Å². The second kappa shape index (κ2) is 7.64. The van der Waals surface area contributed by atoms with E-state index in [-0.39, 0.29) is 36.2 Å². The van der Waals surface area contributed by atoms with Crippen LogP contribution in [0.1, 0.15) is 13.3 Å². The summed E-state index contributed by atoms with van der Waals surface area (Å²) in [5.41, 5.74) is 0.909. The molecular formula is C20H24ClN3O2. The third-order valence-corrected chi connectivity index (χ3v) is 5.32. The Bertz CT molecular complexity index is 820. The molecule has 0 aliphatic carbocycles. The fraction of sp³-hybridized carbons (Fsp3) is 0.400. The maximum atomic E-state index is 12.9. The standard InChI is InChI=1S/C20H23N3O2.ClH/c1-14-12-21-9-10-22(14)20(25)16-11-19(24)23(13-16)18-8-4-6-15-5-2-3-7-17(15)18;/h2-8,14,16,21H,9-13H2,1H3;1H/t14-,16?;/m0./s1. The summed E-state index contributed by atoms with van der Waals surface area (Å²) in [6.45, 7) is 4.90. The van der Waals surface area contributed by atoms with Crippen LogP contribution in [0.4, 0.5) is 5.69 Å². The first-order valence-corrected chi connectivity index (χ1v) is 8.94. The van der Waals surface area contributed by atoms with Crippen molar-refractivity contribution in [1.82, 2.24) is 10.2 Å². The van der Waals surface area contributed by atoms with Crippen LogP contribution in [0.15, 0.2) is 42.5 Å². The van der Waals surface area contributed by atoms with Gasteiger partial charge < -0.3 is 15.1 Å². The molecule has 6 heteroatoms. The highest BCUT2D eigenvalue weighted by molar-refractivity contribution is 6.07. The minimum Gasteiger partial charge on any atom is -0.337 e. The second-order valence-corrected chi connectivity index (χ2v) is 6.99. The van der Waals surface area contributed by atoms with Crippen LogP contribution in [0.2, 0.25) is 0 Å². The normalized spacial score (nSPS) is 23.2. The number of benzene rings is 2. The molecule has 4 rings (SSSR count). The minimum atomic E-state index is -0.244. The van der Waals surface area contributed by atoms with Gasteiger partial charge in [-0.05, 0) is 18.4 Å². The largest absolute Gasteiger partial charge is 0.337 e. The van der Waals surface area contributed by atoms with Gasteiger partial charge in [-0.3, -0.25) is 9.59 Å². The molecule has 2 aliphatic rings. The quantitative estimate of drug-likeness (QED) is 0.879. The lowest BCUT2D eigenvalue weighted by Gasteiger charge is -2.35. The molecular weight excluding hydrogens is 350 g/mol. The van der Waals surface area contributed by atoms with E-state index in [1.807, 2.05) is 47.4 Å². The summed E-state index contributed by atoms with van der Waals surface area (Å²) >= 11 is 0. The summed E-state index contributed by atoms with van der Waals surface area (Å²) in [5.74, 6) is -0.0883. The molecule has 2 fully saturated rings. The van der Waals surface area contributed by atoms with E-state index in [2.05, 4.69) is 12.2 Å². The fourth-order valence-corrected chi connectivity index (χ4v) is 3.95. The van der Waals surface area contributed by atoms with Gasteiger partial charge in [0.05, 0.1) is 11.6 Å². The Morgan fingerprint density at radius 3 is 2.73 bits per heavy atom. The lowest BCUT2D eigenvalue weighted by molar-refractivity contribution is -0.138. The van der Waals surface area contributed by atoms with Gasteiger partial charge in [0.1, 0.15) is 0 Å². The molecule has 2 heterocycles. The number of fused-ring (bicyclic) bond motifs is 1. The number of halogens is 1. The lowest BCUT2D eigenvalue weighted by Crippen LogP contribution is -2.54. The molecule has 0 aromatic heterocycles. The first-order valence-electron chi connectivity index (χ1n) is 8.94. The average molecular weight is 374 g/mol. The maximum Gasteiger partial charge on any atom is 0.228 e. The summed E-state index contributed by atoms with van der Waals surface area (Å²) < 4.78 is 0. The molecule has 138 valence electrons. The molecule has 1 N–H and O–H groups in total. The van der Waals surface area contributed by atoms with Crippen molar-refractivity contribution in [2.75, 3.05) is 31.1 Å². The molecule has 2 aromatic rings. The molecule has 5 nitrogen and oxygen atoms in total. The number of hydrogen-bond donors (Lipinski definition) is 1. The third kappa shape index (κ3) is 3.29. The summed E-state index contributed by atoms with van der Waals surface area (Å²) in [6.07, 6.45) is 0.304. The lowest BCUT2D eigenvalue weighted by atomic mass is 10.0. The Morgan fingerprint density at radius 2 is 1.92 bits per heavy atom. The number of rotatable bonds is 2. The van der Waals surface area contributed by atoms with Crippen LogP contribution in [0.3, 0.4) is 0 Å². The van der Waals surface area contributed by atoms with Gasteiger partial charge in [-0.2, -0.15) is 0 Å². The van der Waals surface area contributed by atoms with Gasteiger partial charge in [0.2, 0.25) is 11.8 Å².